The highest BCUT2D eigenvalue weighted by molar-refractivity contribution is 6.10. The van der Waals surface area contributed by atoms with Crippen LogP contribution in [-0.2, 0) is 23.9 Å². The van der Waals surface area contributed by atoms with Crippen molar-refractivity contribution < 1.29 is 23.9 Å². The summed E-state index contributed by atoms with van der Waals surface area (Å²) in [6.07, 6.45) is 0.473. The molecule has 2 aliphatic heterocycles. The summed E-state index contributed by atoms with van der Waals surface area (Å²) in [5.74, 6) is -1.26. The number of rotatable bonds is 10. The van der Waals surface area contributed by atoms with Gasteiger partial charge in [0.25, 0.3) is 11.5 Å². The number of esters is 1. The van der Waals surface area contributed by atoms with Crippen molar-refractivity contribution in [1.29, 1.82) is 0 Å². The van der Waals surface area contributed by atoms with E-state index < -0.39 is 23.5 Å². The molecule has 2 heterocycles. The third-order valence-corrected chi connectivity index (χ3v) is 6.94. The Bertz CT molecular complexity index is 1020. The van der Waals surface area contributed by atoms with Crippen LogP contribution in [0, 0.1) is 5.92 Å². The third kappa shape index (κ3) is 6.19. The molecule has 8 heteroatoms. The highest BCUT2D eigenvalue weighted by Crippen LogP contribution is 2.31. The van der Waals surface area contributed by atoms with Crippen molar-refractivity contribution in [3.05, 3.63) is 71.8 Å². The van der Waals surface area contributed by atoms with Crippen molar-refractivity contribution in [2.24, 2.45) is 5.92 Å². The summed E-state index contributed by atoms with van der Waals surface area (Å²) < 4.78 is 10.2. The Morgan fingerprint density at radius 2 is 1.49 bits per heavy atom. The van der Waals surface area contributed by atoms with Gasteiger partial charge in [-0.3, -0.25) is 14.5 Å². The summed E-state index contributed by atoms with van der Waals surface area (Å²) in [6.45, 7) is 8.33. The van der Waals surface area contributed by atoms with Crippen LogP contribution >= 0.6 is 0 Å². The number of piperazine rings is 1. The molecule has 8 nitrogen and oxygen atoms in total. The van der Waals surface area contributed by atoms with Gasteiger partial charge in [0.2, 0.25) is 5.91 Å². The van der Waals surface area contributed by atoms with Crippen LogP contribution < -0.4 is 5.32 Å². The second kappa shape index (κ2) is 11.9. The van der Waals surface area contributed by atoms with Gasteiger partial charge in [-0.05, 0) is 30.4 Å². The van der Waals surface area contributed by atoms with Gasteiger partial charge in [-0.15, -0.1) is 0 Å². The fourth-order valence-electron chi connectivity index (χ4n) is 4.93. The maximum absolute atomic E-state index is 13.6. The quantitative estimate of drug-likeness (QED) is 0.302. The lowest BCUT2D eigenvalue weighted by atomic mass is 9.96. The molecule has 0 aromatic heterocycles. The molecule has 0 bridgehead atoms. The zero-order valence-electron chi connectivity index (χ0n) is 21.9. The SMILES string of the molecule is CCOC(=O)C1(C(=O)NC(CC(C)C)C(=O)N2CCN(C(c3ccccc3)c3ccccc3)CC2)CO1. The first-order valence-corrected chi connectivity index (χ1v) is 13.1. The molecule has 2 amide bonds. The van der Waals surface area contributed by atoms with Gasteiger partial charge in [0, 0.05) is 26.2 Å². The normalized spacial score (nSPS) is 20.5. The molecular weight excluding hydrogens is 470 g/mol. The average Bonchev–Trinajstić information content (AvgIpc) is 3.72. The average molecular weight is 508 g/mol. The maximum Gasteiger partial charge on any atom is 0.350 e. The van der Waals surface area contributed by atoms with E-state index in [0.717, 1.165) is 0 Å². The Labute approximate surface area is 218 Å². The molecule has 0 spiro atoms. The molecule has 2 aromatic rings. The Balaban J connectivity index is 1.44. The monoisotopic (exact) mass is 507 g/mol. The zero-order chi connectivity index (χ0) is 26.4. The third-order valence-electron chi connectivity index (χ3n) is 6.94. The van der Waals surface area contributed by atoms with Gasteiger partial charge in [-0.2, -0.15) is 0 Å². The second-order valence-corrected chi connectivity index (χ2v) is 10.1. The number of nitrogens with one attached hydrogen (secondary N) is 1. The predicted molar refractivity (Wildman–Crippen MR) is 140 cm³/mol. The van der Waals surface area contributed by atoms with Crippen molar-refractivity contribution in [2.75, 3.05) is 39.4 Å². The van der Waals surface area contributed by atoms with Crippen LogP contribution in [-0.4, -0.2) is 78.6 Å². The van der Waals surface area contributed by atoms with Crippen LogP contribution in [0.15, 0.2) is 60.7 Å². The molecule has 2 fully saturated rings. The van der Waals surface area contributed by atoms with Crippen LogP contribution in [0.1, 0.15) is 44.4 Å². The van der Waals surface area contributed by atoms with Crippen molar-refractivity contribution >= 4 is 17.8 Å². The van der Waals surface area contributed by atoms with Gasteiger partial charge < -0.3 is 19.7 Å². The van der Waals surface area contributed by atoms with Crippen molar-refractivity contribution in [1.82, 2.24) is 15.1 Å². The molecule has 0 radical (unpaired) electrons. The fourth-order valence-corrected chi connectivity index (χ4v) is 4.93. The molecule has 2 saturated heterocycles. The summed E-state index contributed by atoms with van der Waals surface area (Å²) in [5, 5.41) is 2.80. The summed E-state index contributed by atoms with van der Waals surface area (Å²) in [4.78, 5) is 43.0. The topological polar surface area (TPSA) is 91.5 Å². The van der Waals surface area contributed by atoms with E-state index >= 15 is 0 Å². The van der Waals surface area contributed by atoms with Gasteiger partial charge in [0.05, 0.1) is 19.3 Å². The molecule has 198 valence electrons. The molecule has 2 aromatic carbocycles. The van der Waals surface area contributed by atoms with Crippen LogP contribution in [0.2, 0.25) is 0 Å². The van der Waals surface area contributed by atoms with E-state index in [0.29, 0.717) is 32.6 Å². The molecule has 0 saturated carbocycles. The number of benzene rings is 2. The van der Waals surface area contributed by atoms with E-state index in [1.54, 1.807) is 6.92 Å². The highest BCUT2D eigenvalue weighted by atomic mass is 16.6. The molecule has 2 atom stereocenters. The number of hydrogen-bond donors (Lipinski definition) is 1. The van der Waals surface area contributed by atoms with E-state index in [1.165, 1.54) is 11.1 Å². The van der Waals surface area contributed by atoms with Gasteiger partial charge in [-0.1, -0.05) is 74.5 Å². The summed E-state index contributed by atoms with van der Waals surface area (Å²) >= 11 is 0. The van der Waals surface area contributed by atoms with E-state index in [-0.39, 0.29) is 31.1 Å². The summed E-state index contributed by atoms with van der Waals surface area (Å²) in [6, 6.07) is 20.2. The predicted octanol–water partition coefficient (Wildman–Crippen LogP) is 2.78. The highest BCUT2D eigenvalue weighted by Gasteiger charge is 2.61. The maximum atomic E-state index is 13.6. The number of hydrogen-bond acceptors (Lipinski definition) is 6. The zero-order valence-corrected chi connectivity index (χ0v) is 21.9. The molecule has 1 N–H and O–H groups in total. The number of ether oxygens (including phenoxy) is 2. The Kier molecular flexibility index (Phi) is 8.61. The number of nitrogens with zero attached hydrogens (tertiary/aromatic N) is 2. The molecule has 37 heavy (non-hydrogen) atoms. The molecule has 0 aliphatic carbocycles. The number of amides is 2. The standard InChI is InChI=1S/C29H37N3O5/c1-4-36-28(35)29(20-37-29)27(34)30-24(19-21(2)3)26(33)32-17-15-31(16-18-32)25(22-11-7-5-8-12-22)23-13-9-6-10-14-23/h5-14,21,24-25H,4,15-20H2,1-3H3,(H,30,34). The first kappa shape index (κ1) is 26.8. The smallest absolute Gasteiger partial charge is 0.350 e. The molecule has 4 rings (SSSR count). The van der Waals surface area contributed by atoms with E-state index in [1.807, 2.05) is 30.9 Å². The minimum Gasteiger partial charge on any atom is -0.463 e. The lowest BCUT2D eigenvalue weighted by Crippen LogP contribution is -2.57. The number of carbonyl (C=O) groups is 3. The van der Waals surface area contributed by atoms with E-state index in [2.05, 4.69) is 58.7 Å². The Morgan fingerprint density at radius 3 is 1.95 bits per heavy atom. The fraction of sp³-hybridized carbons (Fsp3) is 0.483. The largest absolute Gasteiger partial charge is 0.463 e. The first-order valence-electron chi connectivity index (χ1n) is 13.1. The van der Waals surface area contributed by atoms with E-state index in [4.69, 9.17) is 9.47 Å². The minimum atomic E-state index is -1.62. The van der Waals surface area contributed by atoms with Crippen LogP contribution in [0.25, 0.3) is 0 Å². The number of epoxide rings is 1. The van der Waals surface area contributed by atoms with E-state index in [9.17, 15) is 14.4 Å². The molecule has 2 aliphatic rings. The lowest BCUT2D eigenvalue weighted by Gasteiger charge is -2.41. The Morgan fingerprint density at radius 1 is 0.946 bits per heavy atom. The van der Waals surface area contributed by atoms with Crippen molar-refractivity contribution in [3.8, 4) is 0 Å². The summed E-state index contributed by atoms with van der Waals surface area (Å²) in [7, 11) is 0. The minimum absolute atomic E-state index is 0.0285. The van der Waals surface area contributed by atoms with Crippen LogP contribution in [0.3, 0.4) is 0 Å². The van der Waals surface area contributed by atoms with Gasteiger partial charge in [0.15, 0.2) is 0 Å². The van der Waals surface area contributed by atoms with Gasteiger partial charge in [0.1, 0.15) is 6.04 Å². The first-order chi connectivity index (χ1) is 17.9. The van der Waals surface area contributed by atoms with Gasteiger partial charge >= 0.3 is 5.97 Å². The van der Waals surface area contributed by atoms with Crippen molar-refractivity contribution in [2.45, 2.75) is 44.9 Å². The lowest BCUT2D eigenvalue weighted by molar-refractivity contribution is -0.155. The molecule has 2 unspecified atom stereocenters. The molecular formula is C29H37N3O5. The van der Waals surface area contributed by atoms with Gasteiger partial charge in [-0.25, -0.2) is 4.79 Å². The van der Waals surface area contributed by atoms with Crippen molar-refractivity contribution in [3.63, 3.8) is 0 Å². The number of carbonyl (C=O) groups excluding carboxylic acids is 3. The summed E-state index contributed by atoms with van der Waals surface area (Å²) in [5.41, 5.74) is 0.808. The Hall–Kier alpha value is -3.23. The van der Waals surface area contributed by atoms with Crippen LogP contribution in [0.4, 0.5) is 0 Å². The second-order valence-electron chi connectivity index (χ2n) is 10.1. The van der Waals surface area contributed by atoms with Crippen LogP contribution in [0.5, 0.6) is 0 Å².